The van der Waals surface area contributed by atoms with Gasteiger partial charge in [0.2, 0.25) is 0 Å². The first-order valence-corrected chi connectivity index (χ1v) is 4.77. The second-order valence-electron chi connectivity index (χ2n) is 3.31. The zero-order valence-corrected chi connectivity index (χ0v) is 9.32. The van der Waals surface area contributed by atoms with Crippen molar-refractivity contribution in [3.63, 3.8) is 0 Å². The summed E-state index contributed by atoms with van der Waals surface area (Å²) in [5, 5.41) is 0. The number of hydrogen-bond donors (Lipinski definition) is 1. The molecule has 15 heavy (non-hydrogen) atoms. The third-order valence-electron chi connectivity index (χ3n) is 1.87. The summed E-state index contributed by atoms with van der Waals surface area (Å²) in [5.41, 5.74) is 5.61. The molecule has 0 bridgehead atoms. The van der Waals surface area contributed by atoms with Gasteiger partial charge in [-0.05, 0) is 19.1 Å². The average Bonchev–Trinajstić information content (AvgIpc) is 2.25. The van der Waals surface area contributed by atoms with Gasteiger partial charge in [0.25, 0.3) is 0 Å². The molecule has 2 N–H and O–H groups in total. The predicted molar refractivity (Wildman–Crippen MR) is 58.7 cm³/mol. The number of methoxy groups -OCH3 is 2. The van der Waals surface area contributed by atoms with E-state index in [2.05, 4.69) is 0 Å². The lowest BCUT2D eigenvalue weighted by Gasteiger charge is -2.13. The molecular weight excluding hydrogens is 194 g/mol. The fourth-order valence-corrected chi connectivity index (χ4v) is 1.12. The van der Waals surface area contributed by atoms with E-state index in [9.17, 15) is 0 Å². The SMILES string of the molecule is COc1ccc(OC)c(OCC(C)N)c1. The smallest absolute Gasteiger partial charge is 0.164 e. The highest BCUT2D eigenvalue weighted by molar-refractivity contribution is 5.45. The van der Waals surface area contributed by atoms with Crippen LogP contribution in [0.5, 0.6) is 17.2 Å². The highest BCUT2D eigenvalue weighted by Crippen LogP contribution is 2.31. The van der Waals surface area contributed by atoms with Crippen LogP contribution in [0, 0.1) is 0 Å². The summed E-state index contributed by atoms with van der Waals surface area (Å²) in [4.78, 5) is 0. The molecule has 1 aromatic carbocycles. The van der Waals surface area contributed by atoms with Gasteiger partial charge < -0.3 is 19.9 Å². The number of ether oxygens (including phenoxy) is 3. The normalized spacial score (nSPS) is 12.0. The van der Waals surface area contributed by atoms with E-state index < -0.39 is 0 Å². The van der Waals surface area contributed by atoms with Crippen molar-refractivity contribution in [2.75, 3.05) is 20.8 Å². The van der Waals surface area contributed by atoms with Crippen LogP contribution in [0.15, 0.2) is 18.2 Å². The summed E-state index contributed by atoms with van der Waals surface area (Å²) >= 11 is 0. The fourth-order valence-electron chi connectivity index (χ4n) is 1.12. The van der Waals surface area contributed by atoms with E-state index in [1.165, 1.54) is 0 Å². The molecular formula is C11H17NO3. The second kappa shape index (κ2) is 5.46. The lowest BCUT2D eigenvalue weighted by atomic mass is 10.3. The molecule has 1 rings (SSSR count). The Hall–Kier alpha value is -1.42. The Morgan fingerprint density at radius 3 is 2.47 bits per heavy atom. The summed E-state index contributed by atoms with van der Waals surface area (Å²) in [6.07, 6.45) is 0. The van der Waals surface area contributed by atoms with Crippen LogP contribution in [0.25, 0.3) is 0 Å². The summed E-state index contributed by atoms with van der Waals surface area (Å²) in [6.45, 7) is 2.33. The van der Waals surface area contributed by atoms with Gasteiger partial charge in [-0.1, -0.05) is 0 Å². The van der Waals surface area contributed by atoms with Crippen molar-refractivity contribution in [3.8, 4) is 17.2 Å². The van der Waals surface area contributed by atoms with Gasteiger partial charge in [-0.3, -0.25) is 0 Å². The Morgan fingerprint density at radius 1 is 1.20 bits per heavy atom. The molecule has 1 atom stereocenters. The van der Waals surface area contributed by atoms with Gasteiger partial charge in [0.05, 0.1) is 14.2 Å². The summed E-state index contributed by atoms with van der Waals surface area (Å²) in [7, 11) is 3.21. The van der Waals surface area contributed by atoms with Crippen LogP contribution in [0.2, 0.25) is 0 Å². The molecule has 0 aromatic heterocycles. The topological polar surface area (TPSA) is 53.7 Å². The van der Waals surface area contributed by atoms with Crippen molar-refractivity contribution in [2.24, 2.45) is 5.73 Å². The van der Waals surface area contributed by atoms with E-state index >= 15 is 0 Å². The van der Waals surface area contributed by atoms with Gasteiger partial charge in [0.1, 0.15) is 12.4 Å². The number of benzene rings is 1. The van der Waals surface area contributed by atoms with Gasteiger partial charge in [-0.2, -0.15) is 0 Å². The molecule has 0 spiro atoms. The first kappa shape index (κ1) is 11.7. The second-order valence-corrected chi connectivity index (χ2v) is 3.31. The van der Waals surface area contributed by atoms with Gasteiger partial charge in [0.15, 0.2) is 11.5 Å². The molecule has 0 aliphatic carbocycles. The number of nitrogens with two attached hydrogens (primary N) is 1. The van der Waals surface area contributed by atoms with Crippen LogP contribution in [0.4, 0.5) is 0 Å². The summed E-state index contributed by atoms with van der Waals surface area (Å²) < 4.78 is 15.8. The quantitative estimate of drug-likeness (QED) is 0.800. The van der Waals surface area contributed by atoms with Crippen molar-refractivity contribution in [3.05, 3.63) is 18.2 Å². The number of hydrogen-bond acceptors (Lipinski definition) is 4. The molecule has 0 heterocycles. The fraction of sp³-hybridized carbons (Fsp3) is 0.455. The molecule has 1 unspecified atom stereocenters. The van der Waals surface area contributed by atoms with Crippen LogP contribution in [0.3, 0.4) is 0 Å². The van der Waals surface area contributed by atoms with Crippen LogP contribution >= 0.6 is 0 Å². The minimum Gasteiger partial charge on any atom is -0.497 e. The molecule has 0 radical (unpaired) electrons. The first-order valence-electron chi connectivity index (χ1n) is 4.77. The van der Waals surface area contributed by atoms with E-state index in [-0.39, 0.29) is 6.04 Å². The Balaban J connectivity index is 2.81. The van der Waals surface area contributed by atoms with Gasteiger partial charge >= 0.3 is 0 Å². The van der Waals surface area contributed by atoms with E-state index in [1.807, 2.05) is 13.0 Å². The van der Waals surface area contributed by atoms with Gasteiger partial charge in [-0.15, -0.1) is 0 Å². The molecule has 0 saturated carbocycles. The highest BCUT2D eigenvalue weighted by atomic mass is 16.5. The van der Waals surface area contributed by atoms with E-state index in [0.717, 1.165) is 5.75 Å². The third kappa shape index (κ3) is 3.32. The Labute approximate surface area is 89.9 Å². The maximum Gasteiger partial charge on any atom is 0.164 e. The third-order valence-corrected chi connectivity index (χ3v) is 1.87. The van der Waals surface area contributed by atoms with E-state index in [4.69, 9.17) is 19.9 Å². The molecule has 84 valence electrons. The van der Waals surface area contributed by atoms with Crippen LogP contribution in [-0.4, -0.2) is 26.9 Å². The first-order chi connectivity index (χ1) is 7.17. The summed E-state index contributed by atoms with van der Waals surface area (Å²) in [6, 6.07) is 5.38. The van der Waals surface area contributed by atoms with Crippen molar-refractivity contribution < 1.29 is 14.2 Å². The van der Waals surface area contributed by atoms with Crippen molar-refractivity contribution in [2.45, 2.75) is 13.0 Å². The lowest BCUT2D eigenvalue weighted by molar-refractivity contribution is 0.276. The van der Waals surface area contributed by atoms with Crippen molar-refractivity contribution in [1.29, 1.82) is 0 Å². The van der Waals surface area contributed by atoms with Crippen molar-refractivity contribution >= 4 is 0 Å². The molecule has 0 aliphatic heterocycles. The highest BCUT2D eigenvalue weighted by Gasteiger charge is 2.06. The van der Waals surface area contributed by atoms with Crippen LogP contribution in [-0.2, 0) is 0 Å². The van der Waals surface area contributed by atoms with Crippen molar-refractivity contribution in [1.82, 2.24) is 0 Å². The molecule has 0 amide bonds. The maximum absolute atomic E-state index is 5.61. The molecule has 0 fully saturated rings. The Bertz CT molecular complexity index is 313. The molecule has 0 aliphatic rings. The standard InChI is InChI=1S/C11H17NO3/c1-8(12)7-15-11-6-9(13-2)4-5-10(11)14-3/h4-6,8H,7,12H2,1-3H3. The van der Waals surface area contributed by atoms with Crippen LogP contribution in [0.1, 0.15) is 6.92 Å². The van der Waals surface area contributed by atoms with Gasteiger partial charge in [-0.25, -0.2) is 0 Å². The predicted octanol–water partition coefficient (Wildman–Crippen LogP) is 1.43. The maximum atomic E-state index is 5.61. The zero-order valence-electron chi connectivity index (χ0n) is 9.32. The van der Waals surface area contributed by atoms with Crippen LogP contribution < -0.4 is 19.9 Å². The Morgan fingerprint density at radius 2 is 1.93 bits per heavy atom. The van der Waals surface area contributed by atoms with Gasteiger partial charge in [0, 0.05) is 12.1 Å². The van der Waals surface area contributed by atoms with E-state index in [1.54, 1.807) is 26.4 Å². The molecule has 0 saturated heterocycles. The minimum atomic E-state index is -0.0130. The summed E-state index contributed by atoms with van der Waals surface area (Å²) in [5.74, 6) is 2.06. The minimum absolute atomic E-state index is 0.0130. The Kier molecular flexibility index (Phi) is 4.24. The lowest BCUT2D eigenvalue weighted by Crippen LogP contribution is -2.23. The molecule has 4 heteroatoms. The average molecular weight is 211 g/mol. The monoisotopic (exact) mass is 211 g/mol. The zero-order chi connectivity index (χ0) is 11.3. The van der Waals surface area contributed by atoms with E-state index in [0.29, 0.717) is 18.1 Å². The molecule has 1 aromatic rings. The number of rotatable bonds is 5. The molecule has 4 nitrogen and oxygen atoms in total. The largest absolute Gasteiger partial charge is 0.497 e.